The minimum absolute atomic E-state index is 0.182. The standard InChI is InChI=1S/C28H34ClN5O6/c1-15-11-12-18(29)13-19(15)34-25(30-16(2)33-34)24-22(35)21(31-32-27(36)40-28(3,4)5)23-20(38-24)14-37-26(39-23)17-9-7-6-8-10-17/h6-13,20-24,26,31,35H,14H2,1-5H3,(H,32,36)/t20?,21?,22?,23-,24+,26?/m0/s1. The number of carbonyl (C=O) groups is 1. The van der Waals surface area contributed by atoms with Crippen LogP contribution in [0.2, 0.25) is 5.02 Å². The highest BCUT2D eigenvalue weighted by Gasteiger charge is 2.51. The van der Waals surface area contributed by atoms with Crippen molar-refractivity contribution in [2.45, 2.75) is 77.0 Å². The van der Waals surface area contributed by atoms with Gasteiger partial charge >= 0.3 is 6.09 Å². The van der Waals surface area contributed by atoms with Crippen LogP contribution in [-0.2, 0) is 18.9 Å². The summed E-state index contributed by atoms with van der Waals surface area (Å²) in [7, 11) is 0. The smallest absolute Gasteiger partial charge is 0.422 e. The van der Waals surface area contributed by atoms with Crippen molar-refractivity contribution >= 4 is 17.7 Å². The largest absolute Gasteiger partial charge is 0.443 e. The highest BCUT2D eigenvalue weighted by Crippen LogP contribution is 2.39. The SMILES string of the molecule is Cc1nc([C@@H]2OC3COC(c4ccccc4)O[C@@H]3C(NNC(=O)OC(C)(C)C)C2O)n(-c2cc(Cl)ccc2C)n1. The number of nitrogens with one attached hydrogen (secondary N) is 2. The van der Waals surface area contributed by atoms with Crippen molar-refractivity contribution in [2.24, 2.45) is 0 Å². The number of rotatable bonds is 5. The number of fused-ring (bicyclic) bond motifs is 1. The number of aliphatic hydroxyl groups is 1. The number of ether oxygens (including phenoxy) is 4. The number of carbonyl (C=O) groups excluding carboxylic acids is 1. The molecule has 3 aromatic rings. The van der Waals surface area contributed by atoms with Crippen LogP contribution in [0, 0.1) is 13.8 Å². The summed E-state index contributed by atoms with van der Waals surface area (Å²) >= 11 is 6.30. The Bertz CT molecular complexity index is 1350. The lowest BCUT2D eigenvalue weighted by molar-refractivity contribution is -0.313. The van der Waals surface area contributed by atoms with Crippen LogP contribution >= 0.6 is 11.6 Å². The molecule has 40 heavy (non-hydrogen) atoms. The molecule has 2 aliphatic rings. The molecule has 1 aromatic heterocycles. The van der Waals surface area contributed by atoms with E-state index >= 15 is 0 Å². The first-order valence-corrected chi connectivity index (χ1v) is 13.5. The maximum absolute atomic E-state index is 12.5. The minimum atomic E-state index is -1.22. The molecule has 0 aliphatic carbocycles. The molecule has 3 N–H and O–H groups in total. The zero-order valence-electron chi connectivity index (χ0n) is 23.0. The average molecular weight is 572 g/mol. The van der Waals surface area contributed by atoms with Crippen molar-refractivity contribution in [3.8, 4) is 5.69 Å². The molecule has 3 heterocycles. The van der Waals surface area contributed by atoms with Gasteiger partial charge in [0.15, 0.2) is 12.1 Å². The number of benzene rings is 2. The van der Waals surface area contributed by atoms with Crippen LogP contribution in [0.5, 0.6) is 0 Å². The van der Waals surface area contributed by atoms with Crippen LogP contribution < -0.4 is 10.9 Å². The number of amides is 1. The second kappa shape index (κ2) is 11.4. The first-order valence-electron chi connectivity index (χ1n) is 13.1. The third-order valence-corrected chi connectivity index (χ3v) is 6.85. The predicted octanol–water partition coefficient (Wildman–Crippen LogP) is 3.85. The van der Waals surface area contributed by atoms with Crippen molar-refractivity contribution in [1.82, 2.24) is 25.6 Å². The van der Waals surface area contributed by atoms with E-state index in [9.17, 15) is 9.90 Å². The highest BCUT2D eigenvalue weighted by atomic mass is 35.5. The molecule has 214 valence electrons. The molecule has 6 atom stereocenters. The molecule has 0 radical (unpaired) electrons. The number of nitrogens with zero attached hydrogens (tertiary/aromatic N) is 3. The zero-order chi connectivity index (χ0) is 28.6. The minimum Gasteiger partial charge on any atom is -0.443 e. The molecular weight excluding hydrogens is 538 g/mol. The molecule has 2 aliphatic heterocycles. The van der Waals surface area contributed by atoms with Gasteiger partial charge in [0.2, 0.25) is 0 Å². The summed E-state index contributed by atoms with van der Waals surface area (Å²) in [4.78, 5) is 17.1. The Morgan fingerprint density at radius 3 is 2.62 bits per heavy atom. The lowest BCUT2D eigenvalue weighted by Gasteiger charge is -2.48. The van der Waals surface area contributed by atoms with Crippen LogP contribution in [0.25, 0.3) is 5.69 Å². The highest BCUT2D eigenvalue weighted by molar-refractivity contribution is 6.30. The summed E-state index contributed by atoms with van der Waals surface area (Å²) in [6.45, 7) is 9.17. The van der Waals surface area contributed by atoms with E-state index in [0.29, 0.717) is 22.4 Å². The van der Waals surface area contributed by atoms with E-state index in [1.54, 1.807) is 44.5 Å². The fourth-order valence-electron chi connectivity index (χ4n) is 4.85. The van der Waals surface area contributed by atoms with Gasteiger partial charge in [0, 0.05) is 10.6 Å². The van der Waals surface area contributed by atoms with E-state index in [1.807, 2.05) is 43.3 Å². The molecule has 5 rings (SSSR count). The third-order valence-electron chi connectivity index (χ3n) is 6.62. The van der Waals surface area contributed by atoms with Gasteiger partial charge in [-0.3, -0.25) is 5.43 Å². The molecular formula is C28H34ClN5O6. The fourth-order valence-corrected chi connectivity index (χ4v) is 5.01. The first kappa shape index (κ1) is 28.5. The summed E-state index contributed by atoms with van der Waals surface area (Å²) in [6, 6.07) is 14.1. The number of hydrogen-bond acceptors (Lipinski definition) is 9. The van der Waals surface area contributed by atoms with E-state index in [2.05, 4.69) is 20.9 Å². The number of hydrogen-bond donors (Lipinski definition) is 3. The van der Waals surface area contributed by atoms with Crippen molar-refractivity contribution in [3.63, 3.8) is 0 Å². The van der Waals surface area contributed by atoms with E-state index < -0.39 is 48.4 Å². The van der Waals surface area contributed by atoms with Crippen LogP contribution in [0.4, 0.5) is 4.79 Å². The summed E-state index contributed by atoms with van der Waals surface area (Å²) in [5.41, 5.74) is 7.23. The Hall–Kier alpha value is -3.06. The molecule has 0 bridgehead atoms. The normalized spacial score (nSPS) is 26.7. The molecule has 2 aromatic carbocycles. The second-order valence-electron chi connectivity index (χ2n) is 10.9. The summed E-state index contributed by atoms with van der Waals surface area (Å²) in [5.74, 6) is 0.868. The van der Waals surface area contributed by atoms with Crippen LogP contribution in [0.1, 0.15) is 55.9 Å². The number of aliphatic hydroxyl groups excluding tert-OH is 1. The third kappa shape index (κ3) is 6.14. The van der Waals surface area contributed by atoms with Gasteiger partial charge in [0.25, 0.3) is 0 Å². The molecule has 11 nitrogen and oxygen atoms in total. The van der Waals surface area contributed by atoms with Crippen LogP contribution in [-0.4, -0.2) is 62.5 Å². The maximum atomic E-state index is 12.5. The quantitative estimate of drug-likeness (QED) is 0.391. The molecule has 2 fully saturated rings. The number of aryl methyl sites for hydroxylation is 2. The van der Waals surface area contributed by atoms with Gasteiger partial charge < -0.3 is 24.1 Å². The zero-order valence-corrected chi connectivity index (χ0v) is 23.8. The summed E-state index contributed by atoms with van der Waals surface area (Å²) in [5, 5.41) is 16.8. The van der Waals surface area contributed by atoms with Gasteiger partial charge in [-0.1, -0.05) is 48.0 Å². The summed E-state index contributed by atoms with van der Waals surface area (Å²) in [6.07, 6.45) is -4.82. The fraction of sp³-hybridized carbons (Fsp3) is 0.464. The number of aromatic nitrogens is 3. The number of hydrazine groups is 1. The van der Waals surface area contributed by atoms with Gasteiger partial charge in [-0.25, -0.2) is 19.9 Å². The van der Waals surface area contributed by atoms with E-state index in [0.717, 1.165) is 11.1 Å². The van der Waals surface area contributed by atoms with Gasteiger partial charge in [0.05, 0.1) is 18.3 Å². The first-order chi connectivity index (χ1) is 19.0. The van der Waals surface area contributed by atoms with E-state index in [1.165, 1.54) is 0 Å². The van der Waals surface area contributed by atoms with Gasteiger partial charge in [-0.2, -0.15) is 5.10 Å². The second-order valence-corrected chi connectivity index (χ2v) is 11.4. The monoisotopic (exact) mass is 571 g/mol. The Morgan fingerprint density at radius 1 is 1.15 bits per heavy atom. The predicted molar refractivity (Wildman–Crippen MR) is 146 cm³/mol. The Morgan fingerprint density at radius 2 is 1.90 bits per heavy atom. The van der Waals surface area contributed by atoms with Crippen molar-refractivity contribution < 1.29 is 28.8 Å². The van der Waals surface area contributed by atoms with Crippen LogP contribution in [0.3, 0.4) is 0 Å². The van der Waals surface area contributed by atoms with Gasteiger partial charge in [-0.15, -0.1) is 0 Å². The van der Waals surface area contributed by atoms with E-state index in [-0.39, 0.29) is 6.61 Å². The average Bonchev–Trinajstić information content (AvgIpc) is 3.29. The molecule has 12 heteroatoms. The van der Waals surface area contributed by atoms with Crippen molar-refractivity contribution in [2.75, 3.05) is 6.61 Å². The molecule has 0 saturated carbocycles. The maximum Gasteiger partial charge on any atom is 0.422 e. The van der Waals surface area contributed by atoms with E-state index in [4.69, 9.17) is 30.5 Å². The molecule has 2 saturated heterocycles. The van der Waals surface area contributed by atoms with Gasteiger partial charge in [0.1, 0.15) is 35.8 Å². The molecule has 0 spiro atoms. The van der Waals surface area contributed by atoms with Crippen LogP contribution in [0.15, 0.2) is 48.5 Å². The lowest BCUT2D eigenvalue weighted by atomic mass is 9.91. The Balaban J connectivity index is 1.47. The topological polar surface area (TPSA) is 129 Å². The number of halogens is 1. The van der Waals surface area contributed by atoms with Crippen molar-refractivity contribution in [1.29, 1.82) is 0 Å². The lowest BCUT2D eigenvalue weighted by Crippen LogP contribution is -2.66. The summed E-state index contributed by atoms with van der Waals surface area (Å²) < 4.78 is 25.7. The Kier molecular flexibility index (Phi) is 8.14. The molecule has 1 amide bonds. The van der Waals surface area contributed by atoms with Crippen molar-refractivity contribution in [3.05, 3.63) is 76.3 Å². The van der Waals surface area contributed by atoms with Gasteiger partial charge in [-0.05, 0) is 52.3 Å². The molecule has 4 unspecified atom stereocenters. The Labute approximate surface area is 237 Å².